The van der Waals surface area contributed by atoms with Gasteiger partial charge >= 0.3 is 12.1 Å². The first-order chi connectivity index (χ1) is 17.4. The van der Waals surface area contributed by atoms with Crippen LogP contribution in [0.5, 0.6) is 5.75 Å². The van der Waals surface area contributed by atoms with Crippen molar-refractivity contribution in [1.29, 1.82) is 0 Å². The van der Waals surface area contributed by atoms with Crippen LogP contribution in [0, 0.1) is 0 Å². The molecule has 0 bridgehead atoms. The summed E-state index contributed by atoms with van der Waals surface area (Å²) in [6, 6.07) is 22.6. The quantitative estimate of drug-likeness (QED) is 0.294. The molecule has 9 heteroatoms. The number of carboxylic acids is 1. The SMILES string of the molecule is O=C(N[C@H](CSCc1ccccc1)C(=O)N[C@H](Cc1ccc(O)cc1)C(=O)O)OCc1ccccc1. The van der Waals surface area contributed by atoms with Crippen molar-refractivity contribution >= 4 is 29.7 Å². The van der Waals surface area contributed by atoms with Gasteiger partial charge in [-0.05, 0) is 28.8 Å². The molecule has 3 aromatic rings. The number of hydrogen-bond donors (Lipinski definition) is 4. The zero-order valence-electron chi connectivity index (χ0n) is 19.5. The zero-order valence-corrected chi connectivity index (χ0v) is 20.3. The smallest absolute Gasteiger partial charge is 0.408 e. The third-order valence-corrected chi connectivity index (χ3v) is 6.31. The molecule has 0 radical (unpaired) electrons. The number of aliphatic carboxylic acids is 1. The van der Waals surface area contributed by atoms with Gasteiger partial charge in [0.2, 0.25) is 5.91 Å². The fourth-order valence-corrected chi connectivity index (χ4v) is 4.32. The van der Waals surface area contributed by atoms with E-state index in [1.54, 1.807) is 12.1 Å². The predicted octanol–water partition coefficient (Wildman–Crippen LogP) is 3.73. The maximum absolute atomic E-state index is 13.1. The Hall–Kier alpha value is -3.98. The second-order valence-corrected chi connectivity index (χ2v) is 9.06. The molecule has 3 rings (SSSR count). The molecule has 2 atom stereocenters. The summed E-state index contributed by atoms with van der Waals surface area (Å²) < 4.78 is 5.25. The van der Waals surface area contributed by atoms with Crippen molar-refractivity contribution in [2.45, 2.75) is 30.9 Å². The molecule has 0 aliphatic heterocycles. The molecule has 36 heavy (non-hydrogen) atoms. The van der Waals surface area contributed by atoms with E-state index in [1.165, 1.54) is 23.9 Å². The minimum Gasteiger partial charge on any atom is -0.508 e. The Kier molecular flexibility index (Phi) is 10.2. The van der Waals surface area contributed by atoms with Gasteiger partial charge in [0.25, 0.3) is 0 Å². The van der Waals surface area contributed by atoms with Crippen molar-refractivity contribution in [3.05, 3.63) is 102 Å². The van der Waals surface area contributed by atoms with Crippen LogP contribution in [0.1, 0.15) is 16.7 Å². The second kappa shape index (κ2) is 13.8. The molecule has 0 saturated heterocycles. The summed E-state index contributed by atoms with van der Waals surface area (Å²) in [5.74, 6) is -0.950. The molecule has 0 heterocycles. The summed E-state index contributed by atoms with van der Waals surface area (Å²) in [5.41, 5.74) is 2.49. The van der Waals surface area contributed by atoms with Gasteiger partial charge in [-0.3, -0.25) is 4.79 Å². The van der Waals surface area contributed by atoms with E-state index in [9.17, 15) is 24.6 Å². The molecule has 0 saturated carbocycles. The summed E-state index contributed by atoms with van der Waals surface area (Å²) in [7, 11) is 0. The van der Waals surface area contributed by atoms with E-state index in [0.29, 0.717) is 11.3 Å². The minimum atomic E-state index is -1.22. The van der Waals surface area contributed by atoms with Crippen LogP contribution in [0.25, 0.3) is 0 Å². The third-order valence-electron chi connectivity index (χ3n) is 5.21. The van der Waals surface area contributed by atoms with E-state index >= 15 is 0 Å². The standard InChI is InChI=1S/C27H28N2O6S/c30-22-13-11-19(12-14-22)15-23(26(32)33)28-25(31)24(18-36-17-21-9-5-2-6-10-21)29-27(34)35-16-20-7-3-1-4-8-20/h1-14,23-24,30H,15-18H2,(H,28,31)(H,29,34)(H,32,33)/t23-,24-/m1/s1. The Bertz CT molecular complexity index is 1130. The lowest BCUT2D eigenvalue weighted by Gasteiger charge is -2.21. The number of thioether (sulfide) groups is 1. The maximum Gasteiger partial charge on any atom is 0.408 e. The van der Waals surface area contributed by atoms with Crippen molar-refractivity contribution in [2.75, 3.05) is 5.75 Å². The molecule has 2 amide bonds. The van der Waals surface area contributed by atoms with Crippen LogP contribution in [-0.4, -0.2) is 46.0 Å². The summed E-state index contributed by atoms with van der Waals surface area (Å²) >= 11 is 1.43. The Morgan fingerprint density at radius 3 is 2.00 bits per heavy atom. The molecular formula is C27H28N2O6S. The molecular weight excluding hydrogens is 480 g/mol. The number of hydrogen-bond acceptors (Lipinski definition) is 6. The Labute approximate surface area is 213 Å². The van der Waals surface area contributed by atoms with Gasteiger partial charge in [-0.25, -0.2) is 9.59 Å². The van der Waals surface area contributed by atoms with Crippen molar-refractivity contribution in [3.8, 4) is 5.75 Å². The van der Waals surface area contributed by atoms with E-state index in [4.69, 9.17) is 4.74 Å². The van der Waals surface area contributed by atoms with E-state index in [2.05, 4.69) is 10.6 Å². The predicted molar refractivity (Wildman–Crippen MR) is 138 cm³/mol. The molecule has 188 valence electrons. The van der Waals surface area contributed by atoms with Gasteiger partial charge in [0.1, 0.15) is 24.4 Å². The van der Waals surface area contributed by atoms with Gasteiger partial charge in [-0.15, -0.1) is 0 Å². The van der Waals surface area contributed by atoms with Crippen molar-refractivity contribution < 1.29 is 29.3 Å². The van der Waals surface area contributed by atoms with Crippen LogP contribution in [0.15, 0.2) is 84.9 Å². The first-order valence-corrected chi connectivity index (χ1v) is 12.5. The molecule has 4 N–H and O–H groups in total. The van der Waals surface area contributed by atoms with Crippen LogP contribution < -0.4 is 10.6 Å². The van der Waals surface area contributed by atoms with Gasteiger partial charge in [-0.1, -0.05) is 72.8 Å². The van der Waals surface area contributed by atoms with Crippen LogP contribution in [-0.2, 0) is 33.1 Å². The number of benzene rings is 3. The van der Waals surface area contributed by atoms with Crippen LogP contribution in [0.3, 0.4) is 0 Å². The fraction of sp³-hybridized carbons (Fsp3) is 0.222. The lowest BCUT2D eigenvalue weighted by molar-refractivity contribution is -0.142. The molecule has 0 unspecified atom stereocenters. The first kappa shape index (κ1) is 26.6. The summed E-state index contributed by atoms with van der Waals surface area (Å²) in [4.78, 5) is 37.3. The van der Waals surface area contributed by atoms with E-state index < -0.39 is 30.1 Å². The molecule has 0 aliphatic rings. The number of aromatic hydroxyl groups is 1. The highest BCUT2D eigenvalue weighted by molar-refractivity contribution is 7.98. The number of phenolic OH excluding ortho intramolecular Hbond substituents is 1. The van der Waals surface area contributed by atoms with E-state index in [0.717, 1.165) is 11.1 Å². The highest BCUT2D eigenvalue weighted by Gasteiger charge is 2.27. The molecule has 8 nitrogen and oxygen atoms in total. The number of carbonyl (C=O) groups is 3. The minimum absolute atomic E-state index is 0.0175. The first-order valence-electron chi connectivity index (χ1n) is 11.3. The van der Waals surface area contributed by atoms with Crippen molar-refractivity contribution in [1.82, 2.24) is 10.6 Å². The number of alkyl carbamates (subject to hydrolysis) is 1. The number of carbonyl (C=O) groups excluding carboxylic acids is 2. The molecule has 0 aromatic heterocycles. The second-order valence-electron chi connectivity index (χ2n) is 8.03. The van der Waals surface area contributed by atoms with Crippen LogP contribution in [0.4, 0.5) is 4.79 Å². The molecule has 0 aliphatic carbocycles. The van der Waals surface area contributed by atoms with Gasteiger partial charge in [-0.2, -0.15) is 11.8 Å². The van der Waals surface area contributed by atoms with Gasteiger partial charge in [0.05, 0.1) is 0 Å². The summed E-state index contributed by atoms with van der Waals surface area (Å²) in [6.45, 7) is 0.0385. The molecule has 0 fully saturated rings. The normalized spacial score (nSPS) is 12.2. The zero-order chi connectivity index (χ0) is 25.8. The van der Waals surface area contributed by atoms with Crippen molar-refractivity contribution in [3.63, 3.8) is 0 Å². The molecule has 3 aromatic carbocycles. The van der Waals surface area contributed by atoms with Gasteiger partial charge in [0.15, 0.2) is 0 Å². The highest BCUT2D eigenvalue weighted by atomic mass is 32.2. The Balaban J connectivity index is 1.63. The number of ether oxygens (including phenoxy) is 1. The number of carboxylic acid groups (broad SMARTS) is 1. The van der Waals surface area contributed by atoms with Gasteiger partial charge < -0.3 is 25.6 Å². The lowest BCUT2D eigenvalue weighted by Crippen LogP contribution is -2.53. The van der Waals surface area contributed by atoms with Crippen LogP contribution >= 0.6 is 11.8 Å². The molecule has 0 spiro atoms. The number of phenols is 1. The topological polar surface area (TPSA) is 125 Å². The van der Waals surface area contributed by atoms with Crippen molar-refractivity contribution in [2.24, 2.45) is 0 Å². The summed E-state index contributed by atoms with van der Waals surface area (Å²) in [5, 5.41) is 24.2. The van der Waals surface area contributed by atoms with Gasteiger partial charge in [0, 0.05) is 17.9 Å². The summed E-state index contributed by atoms with van der Waals surface area (Å²) in [6.07, 6.45) is -0.756. The number of nitrogens with one attached hydrogen (secondary N) is 2. The third kappa shape index (κ3) is 8.99. The highest BCUT2D eigenvalue weighted by Crippen LogP contribution is 2.15. The number of rotatable bonds is 12. The monoisotopic (exact) mass is 508 g/mol. The number of amides is 2. The Morgan fingerprint density at radius 1 is 0.778 bits per heavy atom. The van der Waals surface area contributed by atoms with E-state index in [-0.39, 0.29) is 24.5 Å². The average Bonchev–Trinajstić information content (AvgIpc) is 2.89. The van der Waals surface area contributed by atoms with E-state index in [1.807, 2.05) is 60.7 Å². The van der Waals surface area contributed by atoms with Crippen LogP contribution in [0.2, 0.25) is 0 Å². The average molecular weight is 509 g/mol. The largest absolute Gasteiger partial charge is 0.508 e. The Morgan fingerprint density at radius 2 is 1.39 bits per heavy atom. The maximum atomic E-state index is 13.1. The lowest BCUT2D eigenvalue weighted by atomic mass is 10.1. The fourth-order valence-electron chi connectivity index (χ4n) is 3.30.